The maximum Gasteiger partial charge on any atom is 0.200 e. The van der Waals surface area contributed by atoms with Crippen LogP contribution in [0.1, 0.15) is 0 Å². The first kappa shape index (κ1) is 9.40. The lowest BCUT2D eigenvalue weighted by molar-refractivity contribution is 0.587. The molecule has 1 aromatic carbocycles. The Labute approximate surface area is 64.1 Å². The molecule has 10 heavy (non-hydrogen) atoms. The Morgan fingerprint density at radius 3 is 1.00 bits per heavy atom. The van der Waals surface area contributed by atoms with Crippen LogP contribution in [0.15, 0.2) is 36.4 Å². The van der Waals surface area contributed by atoms with Gasteiger partial charge in [-0.05, 0) is 13.1 Å². The van der Waals surface area contributed by atoms with Crippen molar-refractivity contribution in [1.82, 2.24) is 0 Å². The van der Waals surface area contributed by atoms with E-state index in [1.807, 2.05) is 49.5 Å². The molecule has 0 fully saturated rings. The van der Waals surface area contributed by atoms with Crippen LogP contribution in [-0.2, 0) is 0 Å². The molecule has 0 amide bonds. The van der Waals surface area contributed by atoms with Gasteiger partial charge in [0.2, 0.25) is 0 Å². The fraction of sp³-hybridized carbons (Fsp3) is 0.250. The highest BCUT2D eigenvalue weighted by Crippen LogP contribution is 1.79. The molecule has 1 rings (SSSR count). The maximum atomic E-state index is 8.16. The van der Waals surface area contributed by atoms with Crippen molar-refractivity contribution in [3.63, 3.8) is 0 Å². The number of rotatable bonds is 0. The topological polar surface area (TPSA) is 20.2 Å². The predicted octanol–water partition coefficient (Wildman–Crippen LogP) is 1.92. The second-order valence-corrected chi connectivity index (χ2v) is 4.00. The van der Waals surface area contributed by atoms with Crippen LogP contribution in [0.25, 0.3) is 0 Å². The van der Waals surface area contributed by atoms with Crippen LogP contribution in [0.2, 0.25) is 13.1 Å². The fourth-order valence-corrected chi connectivity index (χ4v) is 0.385. The van der Waals surface area contributed by atoms with Crippen molar-refractivity contribution in [2.75, 3.05) is 0 Å². The fourth-order valence-electron chi connectivity index (χ4n) is 0.385. The molecule has 0 saturated carbocycles. The summed E-state index contributed by atoms with van der Waals surface area (Å²) in [5.41, 5.74) is 0. The molecule has 0 aliphatic heterocycles. The summed E-state index contributed by atoms with van der Waals surface area (Å²) in [4.78, 5) is 8.16. The van der Waals surface area contributed by atoms with Crippen molar-refractivity contribution in [2.24, 2.45) is 0 Å². The molecule has 1 N–H and O–H groups in total. The summed E-state index contributed by atoms with van der Waals surface area (Å²) >= 11 is 0. The summed E-state index contributed by atoms with van der Waals surface area (Å²) in [7, 11) is -0.880. The van der Waals surface area contributed by atoms with Gasteiger partial charge in [-0.1, -0.05) is 36.4 Å². The van der Waals surface area contributed by atoms with Gasteiger partial charge in [0.15, 0.2) is 9.04 Å². The summed E-state index contributed by atoms with van der Waals surface area (Å²) in [5, 5.41) is 0. The third-order valence-corrected chi connectivity index (χ3v) is 0.667. The van der Waals surface area contributed by atoms with Crippen molar-refractivity contribution < 1.29 is 4.80 Å². The lowest BCUT2D eigenvalue weighted by Gasteiger charge is -1.74. The second kappa shape index (κ2) is 6.52. The van der Waals surface area contributed by atoms with E-state index in [2.05, 4.69) is 0 Å². The van der Waals surface area contributed by atoms with E-state index in [-0.39, 0.29) is 0 Å². The van der Waals surface area contributed by atoms with Gasteiger partial charge in [0.25, 0.3) is 0 Å². The zero-order valence-electron chi connectivity index (χ0n) is 6.41. The number of hydrogen-bond acceptors (Lipinski definition) is 1. The van der Waals surface area contributed by atoms with Crippen molar-refractivity contribution in [2.45, 2.75) is 13.1 Å². The van der Waals surface area contributed by atoms with Crippen LogP contribution in [0.5, 0.6) is 0 Å². The van der Waals surface area contributed by atoms with Crippen molar-refractivity contribution in [3.05, 3.63) is 36.4 Å². The molecular weight excluding hydrogens is 140 g/mol. The molecule has 0 aliphatic rings. The highest BCUT2D eigenvalue weighted by molar-refractivity contribution is 6.46. The van der Waals surface area contributed by atoms with E-state index in [1.54, 1.807) is 0 Å². The molecule has 0 aliphatic carbocycles. The molecule has 0 unspecified atom stereocenters. The van der Waals surface area contributed by atoms with Gasteiger partial charge in [-0.15, -0.1) is 0 Å². The SMILES string of the molecule is C[Si](C)O.c1ccccc1. The molecule has 0 heterocycles. The van der Waals surface area contributed by atoms with Crippen molar-refractivity contribution in [3.8, 4) is 0 Å². The van der Waals surface area contributed by atoms with Crippen LogP contribution in [-0.4, -0.2) is 13.8 Å². The van der Waals surface area contributed by atoms with Crippen LogP contribution >= 0.6 is 0 Å². The second-order valence-electron chi connectivity index (χ2n) is 2.10. The Bertz CT molecular complexity index is 110. The van der Waals surface area contributed by atoms with E-state index < -0.39 is 9.04 Å². The van der Waals surface area contributed by atoms with Gasteiger partial charge in [-0.2, -0.15) is 0 Å². The maximum absolute atomic E-state index is 8.16. The third kappa shape index (κ3) is 10.4. The van der Waals surface area contributed by atoms with Gasteiger partial charge >= 0.3 is 0 Å². The van der Waals surface area contributed by atoms with Gasteiger partial charge in [-0.25, -0.2) is 0 Å². The molecule has 0 aromatic heterocycles. The summed E-state index contributed by atoms with van der Waals surface area (Å²) in [5.74, 6) is 0. The summed E-state index contributed by atoms with van der Waals surface area (Å²) in [6, 6.07) is 12.0. The zero-order valence-corrected chi connectivity index (χ0v) is 7.41. The lowest BCUT2D eigenvalue weighted by Crippen LogP contribution is -1.93. The Balaban J connectivity index is 0.000000180. The van der Waals surface area contributed by atoms with E-state index in [9.17, 15) is 0 Å². The van der Waals surface area contributed by atoms with E-state index in [4.69, 9.17) is 4.80 Å². The molecule has 2 heteroatoms. The van der Waals surface area contributed by atoms with Crippen molar-refractivity contribution in [1.29, 1.82) is 0 Å². The van der Waals surface area contributed by atoms with Gasteiger partial charge in [0.1, 0.15) is 0 Å². The average Bonchev–Trinajstić information content (AvgIpc) is 1.90. The molecule has 1 radical (unpaired) electrons. The van der Waals surface area contributed by atoms with Gasteiger partial charge in [0, 0.05) is 0 Å². The Hall–Kier alpha value is -0.603. The first-order valence-corrected chi connectivity index (χ1v) is 5.67. The normalized spacial score (nSPS) is 8.40. The van der Waals surface area contributed by atoms with Crippen molar-refractivity contribution >= 4 is 9.04 Å². The predicted molar refractivity (Wildman–Crippen MR) is 46.1 cm³/mol. The van der Waals surface area contributed by atoms with Gasteiger partial charge < -0.3 is 4.80 Å². The standard InChI is InChI=1S/C6H6.C2H7OSi/c1-2-4-6-5-3-1;1-4(2)3/h1-6H;3H,1-2H3. The molecule has 0 spiro atoms. The average molecular weight is 153 g/mol. The van der Waals surface area contributed by atoms with Crippen LogP contribution in [0, 0.1) is 0 Å². The monoisotopic (exact) mass is 153 g/mol. The zero-order chi connectivity index (χ0) is 7.82. The molecule has 0 saturated heterocycles. The number of benzene rings is 1. The minimum absolute atomic E-state index is 0.880. The van der Waals surface area contributed by atoms with Crippen LogP contribution < -0.4 is 0 Å². The largest absolute Gasteiger partial charge is 0.432 e. The molecule has 1 aromatic rings. The minimum Gasteiger partial charge on any atom is -0.432 e. The Morgan fingerprint density at radius 2 is 0.900 bits per heavy atom. The van der Waals surface area contributed by atoms with Crippen LogP contribution in [0.3, 0.4) is 0 Å². The first-order chi connectivity index (χ1) is 4.73. The van der Waals surface area contributed by atoms with E-state index in [0.717, 1.165) is 0 Å². The van der Waals surface area contributed by atoms with Gasteiger partial charge in [0.05, 0.1) is 0 Å². The van der Waals surface area contributed by atoms with Crippen LogP contribution in [0.4, 0.5) is 0 Å². The van der Waals surface area contributed by atoms with Gasteiger partial charge in [-0.3, -0.25) is 0 Å². The molecule has 0 bridgehead atoms. The quantitative estimate of drug-likeness (QED) is 0.565. The third-order valence-electron chi connectivity index (χ3n) is 0.667. The summed E-state index contributed by atoms with van der Waals surface area (Å²) < 4.78 is 0. The molecular formula is C8H13OSi. The molecule has 1 nitrogen and oxygen atoms in total. The lowest BCUT2D eigenvalue weighted by atomic mass is 10.4. The highest BCUT2D eigenvalue weighted by Gasteiger charge is 1.76. The van der Waals surface area contributed by atoms with E-state index >= 15 is 0 Å². The Morgan fingerprint density at radius 1 is 0.800 bits per heavy atom. The highest BCUT2D eigenvalue weighted by atomic mass is 28.3. The summed E-state index contributed by atoms with van der Waals surface area (Å²) in [6.07, 6.45) is 0. The first-order valence-electron chi connectivity index (χ1n) is 3.22. The van der Waals surface area contributed by atoms with E-state index in [0.29, 0.717) is 0 Å². The number of hydrogen-bond donors (Lipinski definition) is 1. The minimum atomic E-state index is -0.880. The Kier molecular flexibility index (Phi) is 6.12. The smallest absolute Gasteiger partial charge is 0.200 e. The molecule has 55 valence electrons. The molecule has 0 atom stereocenters. The summed E-state index contributed by atoms with van der Waals surface area (Å²) in [6.45, 7) is 3.65. The van der Waals surface area contributed by atoms with E-state index in [1.165, 1.54) is 0 Å².